The first-order chi connectivity index (χ1) is 3.56. The van der Waals surface area contributed by atoms with Gasteiger partial charge >= 0.3 is 0 Å². The minimum Gasteiger partial charge on any atom is -0.267 e. The third-order valence-corrected chi connectivity index (χ3v) is 8.01. The van der Waals surface area contributed by atoms with E-state index >= 15 is 0 Å². The SMILES string of the molecule is CS(C)(C)[SiH2]CCCl. The van der Waals surface area contributed by atoms with Crippen molar-refractivity contribution in [2.75, 3.05) is 24.6 Å². The highest BCUT2D eigenvalue weighted by atomic mass is 35.5. The molecule has 0 rings (SSSR count). The van der Waals surface area contributed by atoms with Gasteiger partial charge in [-0.1, -0.05) is 0 Å². The Morgan fingerprint density at radius 2 is 1.88 bits per heavy atom. The van der Waals surface area contributed by atoms with Crippen LogP contribution in [0.4, 0.5) is 0 Å². The fourth-order valence-electron chi connectivity index (χ4n) is 0.488. The highest BCUT2D eigenvalue weighted by molar-refractivity contribution is 8.50. The van der Waals surface area contributed by atoms with Crippen LogP contribution < -0.4 is 0 Å². The van der Waals surface area contributed by atoms with Gasteiger partial charge in [-0.05, 0) is 24.8 Å². The minimum absolute atomic E-state index is 0.132. The lowest BCUT2D eigenvalue weighted by Crippen LogP contribution is -2.02. The number of hydrogen-bond acceptors (Lipinski definition) is 0. The van der Waals surface area contributed by atoms with E-state index in [1.165, 1.54) is 6.04 Å². The van der Waals surface area contributed by atoms with Crippen LogP contribution >= 0.6 is 21.1 Å². The third-order valence-electron chi connectivity index (χ3n) is 0.890. The van der Waals surface area contributed by atoms with Gasteiger partial charge in [0.1, 0.15) is 0 Å². The van der Waals surface area contributed by atoms with Gasteiger partial charge in [0, 0.05) is 5.88 Å². The second-order valence-corrected chi connectivity index (χ2v) is 14.9. The van der Waals surface area contributed by atoms with E-state index in [9.17, 15) is 0 Å². The molecule has 0 aromatic carbocycles. The zero-order valence-electron chi connectivity index (χ0n) is 5.91. The molecular weight excluding hydrogens is 156 g/mol. The van der Waals surface area contributed by atoms with Crippen LogP contribution in [0.3, 0.4) is 0 Å². The Bertz CT molecular complexity index is 59.9. The molecule has 0 spiro atoms. The molecule has 0 fully saturated rings. The molecule has 3 heteroatoms. The molecule has 0 bridgehead atoms. The van der Waals surface area contributed by atoms with Gasteiger partial charge < -0.3 is 0 Å². The first-order valence-corrected chi connectivity index (χ1v) is 9.07. The number of rotatable bonds is 3. The lowest BCUT2D eigenvalue weighted by atomic mass is 11.0. The Morgan fingerprint density at radius 3 is 2.00 bits per heavy atom. The Hall–Kier alpha value is 0.857. The van der Waals surface area contributed by atoms with Crippen molar-refractivity contribution < 1.29 is 0 Å². The van der Waals surface area contributed by atoms with Gasteiger partial charge in [-0.2, -0.15) is 0 Å². The van der Waals surface area contributed by atoms with E-state index < -0.39 is 0 Å². The molecule has 0 amide bonds. The Balaban J connectivity index is 3.11. The lowest BCUT2D eigenvalue weighted by molar-refractivity contribution is 1.48. The van der Waals surface area contributed by atoms with Crippen molar-refractivity contribution >= 4 is 29.7 Å². The van der Waals surface area contributed by atoms with Crippen LogP contribution in [0.5, 0.6) is 0 Å². The van der Waals surface area contributed by atoms with Crippen LogP contribution in [0.15, 0.2) is 0 Å². The van der Waals surface area contributed by atoms with Gasteiger partial charge in [-0.3, -0.25) is 9.48 Å². The summed E-state index contributed by atoms with van der Waals surface area (Å²) in [6.45, 7) is 0. The predicted molar refractivity (Wildman–Crippen MR) is 49.4 cm³/mol. The van der Waals surface area contributed by atoms with Gasteiger partial charge in [-0.25, -0.2) is 0 Å². The molecule has 0 N–H and O–H groups in total. The zero-order chi connectivity index (χ0) is 6.62. The number of alkyl halides is 1. The van der Waals surface area contributed by atoms with Crippen LogP contribution in [-0.4, -0.2) is 33.3 Å². The van der Waals surface area contributed by atoms with E-state index in [4.69, 9.17) is 11.6 Å². The highest BCUT2D eigenvalue weighted by Gasteiger charge is 2.01. The van der Waals surface area contributed by atoms with Gasteiger partial charge in [0.05, 0.1) is 8.67 Å². The maximum atomic E-state index is 5.56. The molecule has 0 atom stereocenters. The predicted octanol–water partition coefficient (Wildman–Crippen LogP) is 1.42. The fraction of sp³-hybridized carbons (Fsp3) is 1.00. The third kappa shape index (κ3) is 6.86. The molecule has 0 saturated carbocycles. The van der Waals surface area contributed by atoms with E-state index in [0.717, 1.165) is 5.88 Å². The molecule has 0 aliphatic heterocycles. The smallest absolute Gasteiger partial charge is 0.0658 e. The van der Waals surface area contributed by atoms with E-state index in [1.54, 1.807) is 0 Å². The van der Waals surface area contributed by atoms with Crippen molar-refractivity contribution in [3.63, 3.8) is 0 Å². The van der Waals surface area contributed by atoms with E-state index in [-0.39, 0.29) is 18.1 Å². The monoisotopic (exact) mass is 170 g/mol. The van der Waals surface area contributed by atoms with Crippen molar-refractivity contribution in [2.24, 2.45) is 0 Å². The molecule has 8 heavy (non-hydrogen) atoms. The number of halogens is 1. The standard InChI is InChI=1S/C5H15ClSSi/c1-7(2,3)8-5-4-6/h4-5,8H2,1-3H3. The summed E-state index contributed by atoms with van der Waals surface area (Å²) in [4.78, 5) is 0. The summed E-state index contributed by atoms with van der Waals surface area (Å²) < 4.78 is 0. The molecule has 0 nitrogen and oxygen atoms in total. The van der Waals surface area contributed by atoms with Crippen LogP contribution in [0.2, 0.25) is 6.04 Å². The Morgan fingerprint density at radius 1 is 1.38 bits per heavy atom. The van der Waals surface area contributed by atoms with Crippen molar-refractivity contribution in [1.29, 1.82) is 0 Å². The maximum absolute atomic E-state index is 5.56. The van der Waals surface area contributed by atoms with Crippen LogP contribution in [0.25, 0.3) is 0 Å². The molecule has 52 valence electrons. The van der Waals surface area contributed by atoms with Crippen molar-refractivity contribution in [2.45, 2.75) is 6.04 Å². The molecule has 0 aliphatic rings. The van der Waals surface area contributed by atoms with E-state index in [1.807, 2.05) is 0 Å². The average Bonchev–Trinajstić information content (AvgIpc) is 1.59. The molecule has 0 saturated heterocycles. The molecule has 0 aromatic heterocycles. The van der Waals surface area contributed by atoms with Crippen molar-refractivity contribution in [3.8, 4) is 0 Å². The topological polar surface area (TPSA) is 0 Å². The number of hydrogen-bond donors (Lipinski definition) is 0. The molecule has 0 aromatic rings. The van der Waals surface area contributed by atoms with Crippen LogP contribution in [0.1, 0.15) is 0 Å². The van der Waals surface area contributed by atoms with Crippen LogP contribution in [-0.2, 0) is 0 Å². The molecule has 0 heterocycles. The quantitative estimate of drug-likeness (QED) is 0.444. The molecule has 0 aliphatic carbocycles. The average molecular weight is 171 g/mol. The summed E-state index contributed by atoms with van der Waals surface area (Å²) in [5.74, 6) is 0.885. The normalized spacial score (nSPS) is 15.5. The summed E-state index contributed by atoms with van der Waals surface area (Å²) >= 11 is 5.56. The highest BCUT2D eigenvalue weighted by Crippen LogP contribution is 2.32. The summed E-state index contributed by atoms with van der Waals surface area (Å²) in [5, 5.41) is 0. The summed E-state index contributed by atoms with van der Waals surface area (Å²) in [6.07, 6.45) is 7.14. The van der Waals surface area contributed by atoms with Gasteiger partial charge in [0.15, 0.2) is 0 Å². The minimum atomic E-state index is -0.132. The maximum Gasteiger partial charge on any atom is 0.0658 e. The molecule has 0 radical (unpaired) electrons. The second-order valence-electron chi connectivity index (χ2n) is 2.84. The largest absolute Gasteiger partial charge is 0.267 e. The van der Waals surface area contributed by atoms with Crippen molar-refractivity contribution in [1.82, 2.24) is 0 Å². The fourth-order valence-corrected chi connectivity index (χ4v) is 5.37. The molecule has 0 unspecified atom stereocenters. The van der Waals surface area contributed by atoms with Crippen molar-refractivity contribution in [3.05, 3.63) is 0 Å². The lowest BCUT2D eigenvalue weighted by Gasteiger charge is -2.23. The van der Waals surface area contributed by atoms with Gasteiger partial charge in [0.2, 0.25) is 0 Å². The molecular formula is C5H15ClSSi. The Kier molecular flexibility index (Phi) is 4.21. The van der Waals surface area contributed by atoms with E-state index in [2.05, 4.69) is 18.8 Å². The van der Waals surface area contributed by atoms with E-state index in [0.29, 0.717) is 0 Å². The van der Waals surface area contributed by atoms with Gasteiger partial charge in [0.25, 0.3) is 0 Å². The summed E-state index contributed by atoms with van der Waals surface area (Å²) in [7, 11) is 0.0692. The zero-order valence-corrected chi connectivity index (χ0v) is 8.89. The van der Waals surface area contributed by atoms with Crippen LogP contribution in [0, 0.1) is 0 Å². The Labute approximate surface area is 60.8 Å². The first-order valence-electron chi connectivity index (χ1n) is 2.78. The summed E-state index contributed by atoms with van der Waals surface area (Å²) in [6, 6.07) is 1.32. The first kappa shape index (κ1) is 8.86. The summed E-state index contributed by atoms with van der Waals surface area (Å²) in [5.41, 5.74) is 0. The van der Waals surface area contributed by atoms with Gasteiger partial charge in [-0.15, -0.1) is 11.6 Å². The second kappa shape index (κ2) is 3.80.